The van der Waals surface area contributed by atoms with Gasteiger partial charge in [0.25, 0.3) is 0 Å². The van der Waals surface area contributed by atoms with Crippen LogP contribution in [0.4, 0.5) is 0 Å². The van der Waals surface area contributed by atoms with E-state index in [1.54, 1.807) is 12.2 Å². The lowest BCUT2D eigenvalue weighted by atomic mass is 10.6. The van der Waals surface area contributed by atoms with E-state index < -0.39 is 7.37 Å². The van der Waals surface area contributed by atoms with Crippen molar-refractivity contribution in [1.29, 1.82) is 0 Å². The van der Waals surface area contributed by atoms with Crippen molar-refractivity contribution in [3.8, 4) is 0 Å². The lowest BCUT2D eigenvalue weighted by Gasteiger charge is -2.05. The average molecular weight is 162 g/mol. The molecule has 3 heteroatoms. The molecule has 0 aromatic carbocycles. The smallest absolute Gasteiger partial charge is 0.204 e. The lowest BCUT2D eigenvalue weighted by molar-refractivity contribution is 0.480. The lowest BCUT2D eigenvalue weighted by Crippen LogP contribution is -1.89. The zero-order valence-electron chi connectivity index (χ0n) is 6.58. The van der Waals surface area contributed by atoms with Gasteiger partial charge in [-0.2, -0.15) is 0 Å². The summed E-state index contributed by atoms with van der Waals surface area (Å²) in [6, 6.07) is 0. The highest BCUT2D eigenvalue weighted by Crippen LogP contribution is 2.40. The maximum Gasteiger partial charge on any atom is 0.204 e. The van der Waals surface area contributed by atoms with E-state index in [1.165, 1.54) is 0 Å². The normalized spacial score (nSPS) is 17.5. The quantitative estimate of drug-likeness (QED) is 0.508. The second-order valence-corrected chi connectivity index (χ2v) is 4.83. The van der Waals surface area contributed by atoms with Gasteiger partial charge in [0.2, 0.25) is 7.37 Å². The molecule has 0 aliphatic rings. The van der Waals surface area contributed by atoms with Crippen LogP contribution >= 0.6 is 7.37 Å². The van der Waals surface area contributed by atoms with Crippen molar-refractivity contribution >= 4 is 7.37 Å². The molecule has 2 nitrogen and oxygen atoms in total. The molecule has 1 unspecified atom stereocenters. The molecular formula is C7H15O2P. The summed E-state index contributed by atoms with van der Waals surface area (Å²) in [6.07, 6.45) is 5.11. The molecule has 0 aliphatic heterocycles. The Morgan fingerprint density at radius 3 is 2.60 bits per heavy atom. The first-order valence-electron chi connectivity index (χ1n) is 3.54. The van der Waals surface area contributed by atoms with Crippen molar-refractivity contribution in [2.24, 2.45) is 0 Å². The predicted molar refractivity (Wildman–Crippen MR) is 44.7 cm³/mol. The molecule has 0 saturated carbocycles. The summed E-state index contributed by atoms with van der Waals surface area (Å²) in [5.41, 5.74) is 0. The number of hydrogen-bond donors (Lipinski definition) is 1. The van der Waals surface area contributed by atoms with Gasteiger partial charge in [0.15, 0.2) is 0 Å². The summed E-state index contributed by atoms with van der Waals surface area (Å²) in [6.45, 7) is 3.77. The maximum absolute atomic E-state index is 11.1. The molecule has 0 bridgehead atoms. The van der Waals surface area contributed by atoms with Crippen LogP contribution < -0.4 is 0 Å². The summed E-state index contributed by atoms with van der Waals surface area (Å²) in [7, 11) is -2.80. The van der Waals surface area contributed by atoms with Gasteiger partial charge in [0.05, 0.1) is 0 Å². The van der Waals surface area contributed by atoms with Crippen molar-refractivity contribution in [2.75, 3.05) is 12.3 Å². The second-order valence-electron chi connectivity index (χ2n) is 2.32. The average Bonchev–Trinajstić information content (AvgIpc) is 1.84. The minimum absolute atomic E-state index is 0.331. The second kappa shape index (κ2) is 4.70. The van der Waals surface area contributed by atoms with Gasteiger partial charge >= 0.3 is 0 Å². The van der Waals surface area contributed by atoms with Crippen LogP contribution in [0.25, 0.3) is 0 Å². The Labute approximate surface area is 62.4 Å². The fraction of sp³-hybridized carbons (Fsp3) is 0.714. The standard InChI is InChI=1S/C7H15O2P/c1-3-5-7-10(8,9)6-4-2/h3,5H,4,6-7H2,1-2H3,(H,8,9). The Bertz CT molecular complexity index is 152. The van der Waals surface area contributed by atoms with Crippen molar-refractivity contribution in [1.82, 2.24) is 0 Å². The summed E-state index contributed by atoms with van der Waals surface area (Å²) < 4.78 is 11.1. The number of rotatable bonds is 4. The van der Waals surface area contributed by atoms with Crippen LogP contribution in [0, 0.1) is 0 Å². The molecule has 0 rings (SSSR count). The van der Waals surface area contributed by atoms with Crippen molar-refractivity contribution in [3.05, 3.63) is 12.2 Å². The van der Waals surface area contributed by atoms with Crippen molar-refractivity contribution < 1.29 is 9.46 Å². The molecule has 1 N–H and O–H groups in total. The zero-order chi connectivity index (χ0) is 8.04. The van der Waals surface area contributed by atoms with Crippen LogP contribution in [0.2, 0.25) is 0 Å². The van der Waals surface area contributed by atoms with Gasteiger partial charge in [-0.05, 0) is 13.3 Å². The number of hydrogen-bond acceptors (Lipinski definition) is 1. The molecule has 0 amide bonds. The van der Waals surface area contributed by atoms with Gasteiger partial charge in [-0.25, -0.2) is 0 Å². The molecule has 0 aromatic heterocycles. The van der Waals surface area contributed by atoms with Crippen LogP contribution in [0.3, 0.4) is 0 Å². The first-order valence-corrected chi connectivity index (χ1v) is 5.57. The molecule has 0 aromatic rings. The van der Waals surface area contributed by atoms with E-state index in [1.807, 2.05) is 13.8 Å². The van der Waals surface area contributed by atoms with Crippen LogP contribution in [0.1, 0.15) is 20.3 Å². The Kier molecular flexibility index (Phi) is 4.67. The number of allylic oxidation sites excluding steroid dienone is 2. The van der Waals surface area contributed by atoms with Gasteiger partial charge < -0.3 is 4.89 Å². The molecule has 0 heterocycles. The third-order valence-corrected chi connectivity index (χ3v) is 3.13. The molecule has 60 valence electrons. The van der Waals surface area contributed by atoms with Crippen molar-refractivity contribution in [2.45, 2.75) is 20.3 Å². The zero-order valence-corrected chi connectivity index (χ0v) is 7.47. The molecule has 0 radical (unpaired) electrons. The minimum atomic E-state index is -2.80. The minimum Gasteiger partial charge on any atom is -0.344 e. The Hall–Kier alpha value is -0.0700. The highest BCUT2D eigenvalue weighted by atomic mass is 31.2. The van der Waals surface area contributed by atoms with Gasteiger partial charge in [0.1, 0.15) is 0 Å². The van der Waals surface area contributed by atoms with E-state index in [0.29, 0.717) is 12.3 Å². The summed E-state index contributed by atoms with van der Waals surface area (Å²) >= 11 is 0. The van der Waals surface area contributed by atoms with E-state index in [9.17, 15) is 4.57 Å². The van der Waals surface area contributed by atoms with Crippen LogP contribution in [-0.2, 0) is 4.57 Å². The molecule has 0 saturated heterocycles. The van der Waals surface area contributed by atoms with Crippen LogP contribution in [0.5, 0.6) is 0 Å². The largest absolute Gasteiger partial charge is 0.344 e. The van der Waals surface area contributed by atoms with Crippen LogP contribution in [0.15, 0.2) is 12.2 Å². The fourth-order valence-corrected chi connectivity index (χ4v) is 2.13. The fourth-order valence-electron chi connectivity index (χ4n) is 0.711. The molecule has 1 atom stereocenters. The highest BCUT2D eigenvalue weighted by Gasteiger charge is 2.12. The molecule has 0 aliphatic carbocycles. The first-order chi connectivity index (χ1) is 4.62. The third-order valence-electron chi connectivity index (χ3n) is 1.20. The first kappa shape index (κ1) is 9.93. The van der Waals surface area contributed by atoms with E-state index in [2.05, 4.69) is 0 Å². The Balaban J connectivity index is 3.75. The summed E-state index contributed by atoms with van der Waals surface area (Å²) in [5, 5.41) is 0. The molecule has 0 fully saturated rings. The monoisotopic (exact) mass is 162 g/mol. The van der Waals surface area contributed by atoms with Gasteiger partial charge in [-0.3, -0.25) is 4.57 Å². The topological polar surface area (TPSA) is 37.3 Å². The molecule has 10 heavy (non-hydrogen) atoms. The molecule has 0 spiro atoms. The summed E-state index contributed by atoms with van der Waals surface area (Å²) in [4.78, 5) is 9.15. The van der Waals surface area contributed by atoms with Gasteiger partial charge in [-0.1, -0.05) is 19.1 Å². The van der Waals surface area contributed by atoms with Gasteiger partial charge in [-0.15, -0.1) is 0 Å². The SMILES string of the molecule is CC=CCP(=O)(O)CCC. The predicted octanol–water partition coefficient (Wildman–Crippen LogP) is 2.24. The highest BCUT2D eigenvalue weighted by molar-refractivity contribution is 7.58. The Morgan fingerprint density at radius 2 is 2.20 bits per heavy atom. The van der Waals surface area contributed by atoms with E-state index in [0.717, 1.165) is 6.42 Å². The molecular weight excluding hydrogens is 147 g/mol. The van der Waals surface area contributed by atoms with Crippen LogP contribution in [-0.4, -0.2) is 17.2 Å². The third kappa shape index (κ3) is 4.78. The van der Waals surface area contributed by atoms with E-state index >= 15 is 0 Å². The summed E-state index contributed by atoms with van der Waals surface area (Å²) in [5.74, 6) is 0. The maximum atomic E-state index is 11.1. The Morgan fingerprint density at radius 1 is 1.60 bits per heavy atom. The van der Waals surface area contributed by atoms with Crippen molar-refractivity contribution in [3.63, 3.8) is 0 Å². The van der Waals surface area contributed by atoms with Gasteiger partial charge in [0, 0.05) is 12.3 Å². The van der Waals surface area contributed by atoms with E-state index in [-0.39, 0.29) is 0 Å². The van der Waals surface area contributed by atoms with E-state index in [4.69, 9.17) is 4.89 Å².